The number of fused-ring (bicyclic) bond motifs is 4. The zero-order chi connectivity index (χ0) is 22.1. The molecule has 5 fully saturated rings. The maximum atomic E-state index is 12.2. The summed E-state index contributed by atoms with van der Waals surface area (Å²) in [6.07, 6.45) is -5.98. The Labute approximate surface area is 178 Å². The van der Waals surface area contributed by atoms with E-state index in [-0.39, 0.29) is 41.8 Å². The molecule has 5 N–H and O–H groups in total. The second-order valence-corrected chi connectivity index (χ2v) is 10.2. The average Bonchev–Trinajstić information content (AvgIpc) is 3.63. The summed E-state index contributed by atoms with van der Waals surface area (Å²) < 4.78 is 22.8. The fourth-order valence-corrected chi connectivity index (χ4v) is 7.04. The summed E-state index contributed by atoms with van der Waals surface area (Å²) in [4.78, 5) is 12.2. The van der Waals surface area contributed by atoms with Crippen LogP contribution in [0.5, 0.6) is 0 Å². The fourth-order valence-electron chi connectivity index (χ4n) is 7.04. The molecule has 0 amide bonds. The van der Waals surface area contributed by atoms with Crippen LogP contribution in [0.1, 0.15) is 26.7 Å². The third-order valence-corrected chi connectivity index (χ3v) is 8.89. The van der Waals surface area contributed by atoms with Crippen molar-refractivity contribution >= 4 is 5.97 Å². The number of esters is 1. The molecular formula is C21H28O10. The van der Waals surface area contributed by atoms with E-state index in [1.807, 2.05) is 0 Å². The van der Waals surface area contributed by atoms with Crippen molar-refractivity contribution in [3.63, 3.8) is 0 Å². The van der Waals surface area contributed by atoms with Crippen LogP contribution < -0.4 is 0 Å². The summed E-state index contributed by atoms with van der Waals surface area (Å²) in [5, 5.41) is 51.4. The summed E-state index contributed by atoms with van der Waals surface area (Å²) >= 11 is 0. The van der Waals surface area contributed by atoms with Crippen molar-refractivity contribution in [3.05, 3.63) is 11.1 Å². The molecule has 0 aromatic heterocycles. The third kappa shape index (κ3) is 2.32. The third-order valence-electron chi connectivity index (χ3n) is 8.89. The van der Waals surface area contributed by atoms with Crippen LogP contribution in [-0.2, 0) is 23.7 Å². The molecular weight excluding hydrogens is 412 g/mol. The molecule has 0 aromatic rings. The Balaban J connectivity index is 1.26. The smallest absolute Gasteiger partial charge is 0.336 e. The van der Waals surface area contributed by atoms with Gasteiger partial charge in [-0.2, -0.15) is 0 Å². The van der Waals surface area contributed by atoms with Crippen molar-refractivity contribution in [2.45, 2.75) is 74.9 Å². The van der Waals surface area contributed by atoms with Crippen LogP contribution in [0, 0.1) is 23.2 Å². The van der Waals surface area contributed by atoms with E-state index in [2.05, 4.69) is 6.92 Å². The first-order chi connectivity index (χ1) is 14.6. The van der Waals surface area contributed by atoms with E-state index in [9.17, 15) is 30.3 Å². The average molecular weight is 440 g/mol. The second-order valence-electron chi connectivity index (χ2n) is 10.2. The summed E-state index contributed by atoms with van der Waals surface area (Å²) in [6, 6.07) is 0. The van der Waals surface area contributed by atoms with E-state index >= 15 is 0 Å². The summed E-state index contributed by atoms with van der Waals surface area (Å²) in [5.41, 5.74) is -0.304. The number of ether oxygens (including phenoxy) is 4. The Bertz CT molecular complexity index is 872. The number of hydrogen-bond acceptors (Lipinski definition) is 10. The Morgan fingerprint density at radius 2 is 1.90 bits per heavy atom. The van der Waals surface area contributed by atoms with Crippen LogP contribution >= 0.6 is 0 Å². The van der Waals surface area contributed by atoms with Gasteiger partial charge in [0.1, 0.15) is 30.5 Å². The van der Waals surface area contributed by atoms with E-state index in [1.165, 1.54) is 0 Å². The SMILES string of the molecule is CC1=C2CC3C(O)(COC4OC(CO)C(O)C(O)C4O)C4CC4C3(C)C3OC23OC1=O. The van der Waals surface area contributed by atoms with Crippen molar-refractivity contribution in [3.8, 4) is 0 Å². The molecule has 1 spiro atoms. The van der Waals surface area contributed by atoms with E-state index in [4.69, 9.17) is 18.9 Å². The summed E-state index contributed by atoms with van der Waals surface area (Å²) in [6.45, 7) is 3.08. The molecule has 0 radical (unpaired) electrons. The van der Waals surface area contributed by atoms with E-state index < -0.39 is 48.7 Å². The van der Waals surface area contributed by atoms with E-state index in [1.54, 1.807) is 6.92 Å². The molecule has 0 aromatic carbocycles. The highest BCUT2D eigenvalue weighted by Gasteiger charge is 2.86. The van der Waals surface area contributed by atoms with Gasteiger partial charge in [0.25, 0.3) is 5.79 Å². The topological polar surface area (TPSA) is 158 Å². The van der Waals surface area contributed by atoms with Crippen LogP contribution in [0.15, 0.2) is 11.1 Å². The van der Waals surface area contributed by atoms with Gasteiger partial charge < -0.3 is 44.5 Å². The van der Waals surface area contributed by atoms with Crippen LogP contribution in [0.25, 0.3) is 0 Å². The quantitative estimate of drug-likeness (QED) is 0.249. The van der Waals surface area contributed by atoms with E-state index in [0.29, 0.717) is 12.0 Å². The highest BCUT2D eigenvalue weighted by Crippen LogP contribution is 2.79. The van der Waals surface area contributed by atoms with Crippen LogP contribution in [-0.4, -0.2) is 92.9 Å². The Hall–Kier alpha value is -1.11. The minimum atomic E-state index is -1.54. The van der Waals surface area contributed by atoms with Crippen molar-refractivity contribution in [1.82, 2.24) is 0 Å². The molecule has 3 aliphatic heterocycles. The van der Waals surface area contributed by atoms with Gasteiger partial charge in [-0.25, -0.2) is 4.79 Å². The number of carbonyl (C=O) groups excluding carboxylic acids is 1. The number of aliphatic hydroxyl groups is 5. The number of aliphatic hydroxyl groups excluding tert-OH is 4. The van der Waals surface area contributed by atoms with Gasteiger partial charge in [-0.15, -0.1) is 0 Å². The molecule has 6 rings (SSSR count). The molecule has 0 bridgehead atoms. The number of carbonyl (C=O) groups is 1. The molecule has 12 unspecified atom stereocenters. The maximum Gasteiger partial charge on any atom is 0.336 e. The highest BCUT2D eigenvalue weighted by molar-refractivity contribution is 5.93. The molecule has 3 aliphatic carbocycles. The Morgan fingerprint density at radius 1 is 1.16 bits per heavy atom. The largest absolute Gasteiger partial charge is 0.423 e. The predicted octanol–water partition coefficient (Wildman–Crippen LogP) is -1.82. The second kappa shape index (κ2) is 6.06. The minimum absolute atomic E-state index is 0.0240. The molecule has 31 heavy (non-hydrogen) atoms. The lowest BCUT2D eigenvalue weighted by atomic mass is 9.61. The lowest BCUT2D eigenvalue weighted by Crippen LogP contribution is -2.60. The van der Waals surface area contributed by atoms with Crippen LogP contribution in [0.2, 0.25) is 0 Å². The van der Waals surface area contributed by atoms with Gasteiger partial charge in [0.05, 0.1) is 18.8 Å². The standard InChI is InChI=1S/C21H28O10/c1-7-8-4-12-19(2,18-21(8,31-18)30-16(7)26)9-3-10(9)20(12,27)6-28-17-15(25)14(24)13(23)11(5-22)29-17/h9-15,17-18,22-25,27H,3-6H2,1-2H3. The highest BCUT2D eigenvalue weighted by atomic mass is 16.8. The zero-order valence-corrected chi connectivity index (χ0v) is 17.3. The van der Waals surface area contributed by atoms with Crippen LogP contribution in [0.4, 0.5) is 0 Å². The van der Waals surface area contributed by atoms with Crippen LogP contribution in [0.3, 0.4) is 0 Å². The van der Waals surface area contributed by atoms with Crippen molar-refractivity contribution in [2.24, 2.45) is 23.2 Å². The first-order valence-corrected chi connectivity index (χ1v) is 10.9. The van der Waals surface area contributed by atoms with Gasteiger partial charge in [0.15, 0.2) is 6.29 Å². The van der Waals surface area contributed by atoms with Gasteiger partial charge in [0.2, 0.25) is 0 Å². The Morgan fingerprint density at radius 3 is 2.61 bits per heavy atom. The van der Waals surface area contributed by atoms with E-state index in [0.717, 1.165) is 12.0 Å². The maximum absolute atomic E-state index is 12.2. The molecule has 3 heterocycles. The summed E-state index contributed by atoms with van der Waals surface area (Å²) in [7, 11) is 0. The number of epoxide rings is 1. The molecule has 10 nitrogen and oxygen atoms in total. The molecule has 2 saturated heterocycles. The van der Waals surface area contributed by atoms with Gasteiger partial charge in [-0.3, -0.25) is 0 Å². The lowest BCUT2D eigenvalue weighted by Gasteiger charge is -2.45. The zero-order valence-electron chi connectivity index (χ0n) is 17.3. The molecule has 12 atom stereocenters. The van der Waals surface area contributed by atoms with Gasteiger partial charge in [-0.05, 0) is 31.6 Å². The fraction of sp³-hybridized carbons (Fsp3) is 0.857. The Kier molecular flexibility index (Phi) is 4.01. The lowest BCUT2D eigenvalue weighted by molar-refractivity contribution is -0.311. The normalized spacial score (nSPS) is 58.9. The van der Waals surface area contributed by atoms with Crippen molar-refractivity contribution < 1.29 is 49.3 Å². The van der Waals surface area contributed by atoms with Gasteiger partial charge in [-0.1, -0.05) is 6.92 Å². The monoisotopic (exact) mass is 440 g/mol. The molecule has 172 valence electrons. The molecule has 6 aliphatic rings. The number of rotatable bonds is 4. The summed E-state index contributed by atoms with van der Waals surface area (Å²) in [5.74, 6) is -1.41. The predicted molar refractivity (Wildman–Crippen MR) is 98.9 cm³/mol. The first kappa shape index (κ1) is 20.5. The van der Waals surface area contributed by atoms with Gasteiger partial charge >= 0.3 is 5.97 Å². The van der Waals surface area contributed by atoms with Gasteiger partial charge in [0, 0.05) is 22.5 Å². The first-order valence-electron chi connectivity index (χ1n) is 10.9. The molecule has 3 saturated carbocycles. The molecule has 10 heteroatoms. The van der Waals surface area contributed by atoms with Crippen molar-refractivity contribution in [1.29, 1.82) is 0 Å². The minimum Gasteiger partial charge on any atom is -0.423 e. The number of hydrogen-bond donors (Lipinski definition) is 5. The van der Waals surface area contributed by atoms with Crippen molar-refractivity contribution in [2.75, 3.05) is 13.2 Å².